The molecule has 33 heavy (non-hydrogen) atoms. The topological polar surface area (TPSA) is 84.5 Å². The summed E-state index contributed by atoms with van der Waals surface area (Å²) in [6, 6.07) is 6.46. The van der Waals surface area contributed by atoms with E-state index in [1.807, 2.05) is 0 Å². The van der Waals surface area contributed by atoms with E-state index in [0.29, 0.717) is 17.7 Å². The zero-order valence-corrected chi connectivity index (χ0v) is 20.8. The summed E-state index contributed by atoms with van der Waals surface area (Å²) in [4.78, 5) is 39.1. The van der Waals surface area contributed by atoms with Crippen LogP contribution in [-0.4, -0.2) is 17.8 Å². The fourth-order valence-electron chi connectivity index (χ4n) is 3.76. The van der Waals surface area contributed by atoms with Gasteiger partial charge in [-0.25, -0.2) is 0 Å². The highest BCUT2D eigenvalue weighted by Gasteiger charge is 2.08. The van der Waals surface area contributed by atoms with Crippen LogP contribution in [0.2, 0.25) is 0 Å². The highest BCUT2D eigenvalue weighted by atomic mass is 16.7. The smallest absolute Gasteiger partial charge is 0.329 e. The third-order valence-electron chi connectivity index (χ3n) is 5.73. The number of carbonyl (C=O) groups excluding carboxylic acids is 3. The zero-order chi connectivity index (χ0) is 24.2. The van der Waals surface area contributed by atoms with Gasteiger partial charge in [-0.1, -0.05) is 96.8 Å². The minimum Gasteiger partial charge on any atom is -0.341 e. The van der Waals surface area contributed by atoms with Crippen LogP contribution >= 0.6 is 0 Å². The molecule has 0 fully saturated rings. The molecule has 1 aromatic carbocycles. The van der Waals surface area contributed by atoms with Crippen molar-refractivity contribution in [2.45, 2.75) is 117 Å². The van der Waals surface area contributed by atoms with E-state index in [9.17, 15) is 14.4 Å². The van der Waals surface area contributed by atoms with Crippen molar-refractivity contribution in [2.75, 3.05) is 5.32 Å². The van der Waals surface area contributed by atoms with Gasteiger partial charge in [-0.3, -0.25) is 14.4 Å². The van der Waals surface area contributed by atoms with Crippen LogP contribution < -0.4 is 10.8 Å². The lowest BCUT2D eigenvalue weighted by atomic mass is 10.0. The Morgan fingerprint density at radius 1 is 0.697 bits per heavy atom. The number of rotatable bonds is 18. The van der Waals surface area contributed by atoms with Crippen molar-refractivity contribution in [2.24, 2.45) is 0 Å². The van der Waals surface area contributed by atoms with Gasteiger partial charge >= 0.3 is 5.97 Å². The standard InChI is InChI=1S/C27H44N2O4/c1-3-4-5-6-7-8-9-10-11-12-13-14-15-16-17-18-26(31)28-25-21-19-24(20-22-25)27(32)29-33-23(2)30/h19-22H,3-18H2,1-2H3,(H,28,31)(H,29,32). The Kier molecular flexibility index (Phi) is 16.6. The molecular weight excluding hydrogens is 416 g/mol. The van der Waals surface area contributed by atoms with Crippen molar-refractivity contribution in [3.05, 3.63) is 29.8 Å². The maximum absolute atomic E-state index is 12.1. The predicted molar refractivity (Wildman–Crippen MR) is 134 cm³/mol. The fraction of sp³-hybridized carbons (Fsp3) is 0.667. The van der Waals surface area contributed by atoms with Crippen LogP contribution in [-0.2, 0) is 14.4 Å². The molecule has 0 aliphatic rings. The van der Waals surface area contributed by atoms with Gasteiger partial charge in [0.05, 0.1) is 0 Å². The summed E-state index contributed by atoms with van der Waals surface area (Å²) in [6.45, 7) is 3.47. The van der Waals surface area contributed by atoms with Crippen LogP contribution in [0.5, 0.6) is 0 Å². The number of unbranched alkanes of at least 4 members (excludes halogenated alkanes) is 14. The molecule has 0 spiro atoms. The Hall–Kier alpha value is -2.37. The van der Waals surface area contributed by atoms with Gasteiger partial charge in [0.15, 0.2) is 0 Å². The van der Waals surface area contributed by atoms with Crippen molar-refractivity contribution < 1.29 is 19.2 Å². The molecule has 0 radical (unpaired) electrons. The third kappa shape index (κ3) is 16.0. The zero-order valence-electron chi connectivity index (χ0n) is 20.8. The van der Waals surface area contributed by atoms with Crippen molar-refractivity contribution >= 4 is 23.5 Å². The van der Waals surface area contributed by atoms with Gasteiger partial charge in [0.1, 0.15) is 0 Å². The summed E-state index contributed by atoms with van der Waals surface area (Å²) in [5.41, 5.74) is 3.04. The number of benzene rings is 1. The summed E-state index contributed by atoms with van der Waals surface area (Å²) in [7, 11) is 0. The van der Waals surface area contributed by atoms with Crippen molar-refractivity contribution in [3.63, 3.8) is 0 Å². The van der Waals surface area contributed by atoms with Crippen LogP contribution in [0.1, 0.15) is 127 Å². The SMILES string of the molecule is CCCCCCCCCCCCCCCCCC(=O)Nc1ccc(C(=O)NOC(C)=O)cc1. The lowest BCUT2D eigenvalue weighted by Crippen LogP contribution is -2.25. The van der Waals surface area contributed by atoms with Crippen LogP contribution in [0.15, 0.2) is 24.3 Å². The maximum Gasteiger partial charge on any atom is 0.329 e. The average molecular weight is 461 g/mol. The Labute approximate surface area is 200 Å². The lowest BCUT2D eigenvalue weighted by Gasteiger charge is -2.07. The van der Waals surface area contributed by atoms with Crippen LogP contribution in [0.3, 0.4) is 0 Å². The molecular formula is C27H44N2O4. The summed E-state index contributed by atoms with van der Waals surface area (Å²) in [6.07, 6.45) is 20.1. The molecule has 186 valence electrons. The number of hydrogen-bond donors (Lipinski definition) is 2. The Balaban J connectivity index is 1.98. The molecule has 0 bridgehead atoms. The molecule has 6 nitrogen and oxygen atoms in total. The van der Waals surface area contributed by atoms with E-state index in [0.717, 1.165) is 12.8 Å². The first-order chi connectivity index (χ1) is 16.0. The molecule has 6 heteroatoms. The minimum absolute atomic E-state index is 0.0122. The molecule has 0 aliphatic carbocycles. The quantitative estimate of drug-likeness (QED) is 0.181. The van der Waals surface area contributed by atoms with Gasteiger partial charge < -0.3 is 10.2 Å². The van der Waals surface area contributed by atoms with Crippen LogP contribution in [0.4, 0.5) is 5.69 Å². The number of hydrogen-bond acceptors (Lipinski definition) is 4. The molecule has 0 saturated carbocycles. The number of nitrogens with one attached hydrogen (secondary N) is 2. The normalized spacial score (nSPS) is 10.6. The fourth-order valence-corrected chi connectivity index (χ4v) is 3.76. The molecule has 1 rings (SSSR count). The van der Waals surface area contributed by atoms with E-state index in [-0.39, 0.29) is 5.91 Å². The number of hydroxylamine groups is 1. The van der Waals surface area contributed by atoms with Gasteiger partial charge in [0.25, 0.3) is 5.91 Å². The maximum atomic E-state index is 12.1. The van der Waals surface area contributed by atoms with Gasteiger partial charge in [-0.15, -0.1) is 0 Å². The molecule has 0 unspecified atom stereocenters. The minimum atomic E-state index is -0.592. The Morgan fingerprint density at radius 2 is 1.15 bits per heavy atom. The van der Waals surface area contributed by atoms with Crippen molar-refractivity contribution in [3.8, 4) is 0 Å². The first kappa shape index (κ1) is 28.7. The summed E-state index contributed by atoms with van der Waals surface area (Å²) in [5, 5.41) is 2.85. The Morgan fingerprint density at radius 3 is 1.61 bits per heavy atom. The summed E-state index contributed by atoms with van der Waals surface area (Å²) >= 11 is 0. The second kappa shape index (κ2) is 19.1. The van der Waals surface area contributed by atoms with E-state index in [1.165, 1.54) is 90.4 Å². The van der Waals surface area contributed by atoms with E-state index in [2.05, 4.69) is 22.6 Å². The molecule has 0 heterocycles. The molecule has 2 N–H and O–H groups in total. The van der Waals surface area contributed by atoms with E-state index in [1.54, 1.807) is 24.3 Å². The monoisotopic (exact) mass is 460 g/mol. The molecule has 0 saturated heterocycles. The summed E-state index contributed by atoms with van der Waals surface area (Å²) < 4.78 is 0. The van der Waals surface area contributed by atoms with Crippen LogP contribution in [0, 0.1) is 0 Å². The second-order valence-electron chi connectivity index (χ2n) is 8.85. The number of anilines is 1. The van der Waals surface area contributed by atoms with E-state index >= 15 is 0 Å². The predicted octanol–water partition coefficient (Wildman–Crippen LogP) is 7.09. The number of carbonyl (C=O) groups is 3. The highest BCUT2D eigenvalue weighted by molar-refractivity contribution is 5.95. The largest absolute Gasteiger partial charge is 0.341 e. The highest BCUT2D eigenvalue weighted by Crippen LogP contribution is 2.14. The first-order valence-corrected chi connectivity index (χ1v) is 12.9. The van der Waals surface area contributed by atoms with Gasteiger partial charge in [0, 0.05) is 24.6 Å². The van der Waals surface area contributed by atoms with Gasteiger partial charge in [-0.2, -0.15) is 5.48 Å². The molecule has 2 amide bonds. The van der Waals surface area contributed by atoms with Gasteiger partial charge in [0.2, 0.25) is 5.91 Å². The summed E-state index contributed by atoms with van der Waals surface area (Å²) in [5.74, 6) is -1.12. The molecule has 1 aromatic rings. The van der Waals surface area contributed by atoms with Gasteiger partial charge in [-0.05, 0) is 30.7 Å². The van der Waals surface area contributed by atoms with E-state index < -0.39 is 11.9 Å². The first-order valence-electron chi connectivity index (χ1n) is 12.9. The van der Waals surface area contributed by atoms with Crippen molar-refractivity contribution in [1.29, 1.82) is 0 Å². The Bertz CT molecular complexity index is 673. The molecule has 0 aliphatic heterocycles. The second-order valence-corrected chi connectivity index (χ2v) is 8.85. The van der Waals surface area contributed by atoms with E-state index in [4.69, 9.17) is 0 Å². The van der Waals surface area contributed by atoms with Crippen LogP contribution in [0.25, 0.3) is 0 Å². The molecule has 0 atom stereocenters. The molecule has 0 aromatic heterocycles. The lowest BCUT2D eigenvalue weighted by molar-refractivity contribution is -0.146. The number of amides is 2. The van der Waals surface area contributed by atoms with Crippen molar-refractivity contribution in [1.82, 2.24) is 5.48 Å². The average Bonchev–Trinajstić information content (AvgIpc) is 2.80. The third-order valence-corrected chi connectivity index (χ3v) is 5.73.